The number of aryl methyl sites for hydroxylation is 1. The Bertz CT molecular complexity index is 1400. The zero-order valence-corrected chi connectivity index (χ0v) is 21.5. The van der Waals surface area contributed by atoms with Crippen molar-refractivity contribution >= 4 is 17.4 Å². The topological polar surface area (TPSA) is 106 Å². The number of hydrogen-bond acceptors (Lipinski definition) is 6. The van der Waals surface area contributed by atoms with Gasteiger partial charge in [0.2, 0.25) is 11.7 Å². The molecule has 8 nitrogen and oxygen atoms in total. The van der Waals surface area contributed by atoms with Crippen molar-refractivity contribution in [3.63, 3.8) is 0 Å². The minimum absolute atomic E-state index is 0.0311. The van der Waals surface area contributed by atoms with Gasteiger partial charge >= 0.3 is 12.4 Å². The molecule has 4 rings (SSSR count). The van der Waals surface area contributed by atoms with E-state index in [9.17, 15) is 35.9 Å². The Kier molecular flexibility index (Phi) is 8.40. The van der Waals surface area contributed by atoms with E-state index in [0.29, 0.717) is 0 Å². The van der Waals surface area contributed by atoms with E-state index in [1.807, 2.05) is 0 Å². The highest BCUT2D eigenvalue weighted by atomic mass is 19.4. The van der Waals surface area contributed by atoms with Crippen molar-refractivity contribution in [2.45, 2.75) is 44.1 Å². The summed E-state index contributed by atoms with van der Waals surface area (Å²) in [5, 5.41) is 7.97. The fourth-order valence-electron chi connectivity index (χ4n) is 4.30. The molecule has 2 amide bonds. The fourth-order valence-corrected chi connectivity index (χ4v) is 4.30. The number of carbonyl (C=O) groups excluding carboxylic acids is 2. The molecule has 0 unspecified atom stereocenters. The van der Waals surface area contributed by atoms with E-state index in [0.717, 1.165) is 17.7 Å². The lowest BCUT2D eigenvalue weighted by molar-refractivity contribution is -0.201. The Morgan fingerprint density at radius 2 is 1.83 bits per heavy atom. The molecule has 0 fully saturated rings. The van der Waals surface area contributed by atoms with Crippen LogP contribution in [0, 0.1) is 6.92 Å². The van der Waals surface area contributed by atoms with Crippen LogP contribution in [-0.2, 0) is 10.3 Å². The average molecular weight is 583 g/mol. The highest BCUT2D eigenvalue weighted by Crippen LogP contribution is 2.48. The van der Waals surface area contributed by atoms with Crippen molar-refractivity contribution in [3.05, 3.63) is 83.0 Å². The maximum Gasteiger partial charge on any atom is 0.416 e. The first-order chi connectivity index (χ1) is 19.3. The molecule has 0 aliphatic carbocycles. The van der Waals surface area contributed by atoms with E-state index >= 15 is 0 Å². The van der Waals surface area contributed by atoms with Gasteiger partial charge in [0.05, 0.1) is 18.5 Å². The summed E-state index contributed by atoms with van der Waals surface area (Å²) >= 11 is 0. The summed E-state index contributed by atoms with van der Waals surface area (Å²) in [4.78, 5) is 29.9. The summed E-state index contributed by atoms with van der Waals surface area (Å²) in [6, 6.07) is 9.00. The third-order valence-corrected chi connectivity index (χ3v) is 6.42. The second kappa shape index (κ2) is 11.6. The lowest BCUT2D eigenvalue weighted by Crippen LogP contribution is -2.59. The molecule has 1 atom stereocenters. The molecule has 3 aromatic rings. The van der Waals surface area contributed by atoms with Gasteiger partial charge in [0.15, 0.2) is 5.54 Å². The lowest BCUT2D eigenvalue weighted by Gasteiger charge is -2.41. The van der Waals surface area contributed by atoms with Gasteiger partial charge in [-0.3, -0.25) is 14.6 Å². The number of hydrogen-bond donors (Lipinski definition) is 2. The molecule has 1 aromatic carbocycles. The number of pyridine rings is 1. The largest absolute Gasteiger partial charge is 0.494 e. The predicted octanol–water partition coefficient (Wildman–Crippen LogP) is 5.26. The number of aromatic nitrogens is 2. The number of benzene rings is 1. The third kappa shape index (κ3) is 6.87. The molecule has 2 N–H and O–H groups in total. The quantitative estimate of drug-likeness (QED) is 0.263. The fraction of sp³-hybridized carbons (Fsp3) is 0.333. The summed E-state index contributed by atoms with van der Waals surface area (Å²) in [5.41, 5.74) is -2.50. The molecule has 3 heterocycles. The number of nitrogens with zero attached hydrogens (tertiary/aromatic N) is 2. The summed E-state index contributed by atoms with van der Waals surface area (Å²) in [6.45, 7) is 1.04. The van der Waals surface area contributed by atoms with Gasteiger partial charge in [0.1, 0.15) is 5.75 Å². The van der Waals surface area contributed by atoms with Crippen LogP contribution in [0.4, 0.5) is 26.3 Å². The molecule has 0 spiro atoms. The highest BCUT2D eigenvalue weighted by Gasteiger charge is 2.59. The first-order valence-electron chi connectivity index (χ1n) is 12.3. The van der Waals surface area contributed by atoms with E-state index in [2.05, 4.69) is 20.8 Å². The second-order valence-electron chi connectivity index (χ2n) is 9.36. The summed E-state index contributed by atoms with van der Waals surface area (Å²) < 4.78 is 91.5. The standard InChI is InChI=1S/C27H24F6N4O4/c1-16-3-8-21(34-14-16)19-13-25(27(31,32)33,17-4-6-18(7-5-17)40-12-2-10-26(28,29)30)37-23(38)20(19)15-35-24(39)22-9-11-36-41-22/h3-9,11,14H,2,10,12-13,15H2,1H3,(H,35,39)(H,37,38)/t25-/m0/s1. The molecule has 2 aromatic heterocycles. The summed E-state index contributed by atoms with van der Waals surface area (Å²) in [5.74, 6) is -1.88. The summed E-state index contributed by atoms with van der Waals surface area (Å²) in [6.07, 6.45) is -8.78. The number of nitrogens with one attached hydrogen (secondary N) is 2. The van der Waals surface area contributed by atoms with E-state index in [4.69, 9.17) is 9.26 Å². The molecule has 41 heavy (non-hydrogen) atoms. The van der Waals surface area contributed by atoms with Crippen LogP contribution in [0.3, 0.4) is 0 Å². The Morgan fingerprint density at radius 1 is 1.10 bits per heavy atom. The van der Waals surface area contributed by atoms with Crippen LogP contribution in [0.2, 0.25) is 0 Å². The maximum absolute atomic E-state index is 14.8. The molecule has 1 aliphatic heterocycles. The Labute approximate surface area is 229 Å². The van der Waals surface area contributed by atoms with Crippen LogP contribution in [0.1, 0.15) is 46.6 Å². The number of ether oxygens (including phenoxy) is 1. The SMILES string of the molecule is Cc1ccc(C2=C(CNC(=O)c3ccno3)C(=O)N[C@@](c3ccc(OCCCC(F)(F)F)cc3)(C(F)(F)F)C2)nc1. The molecular weight excluding hydrogens is 558 g/mol. The van der Waals surface area contributed by atoms with Gasteiger partial charge in [-0.25, -0.2) is 0 Å². The molecule has 0 saturated heterocycles. The minimum Gasteiger partial charge on any atom is -0.494 e. The van der Waals surface area contributed by atoms with Gasteiger partial charge in [-0.05, 0) is 48.2 Å². The number of amides is 2. The van der Waals surface area contributed by atoms with Gasteiger partial charge in [-0.2, -0.15) is 26.3 Å². The average Bonchev–Trinajstić information content (AvgIpc) is 3.45. The van der Waals surface area contributed by atoms with Crippen LogP contribution in [-0.4, -0.2) is 47.5 Å². The number of rotatable bonds is 9. The summed E-state index contributed by atoms with van der Waals surface area (Å²) in [7, 11) is 0. The monoisotopic (exact) mass is 582 g/mol. The zero-order valence-electron chi connectivity index (χ0n) is 21.5. The van der Waals surface area contributed by atoms with E-state index < -0.39 is 49.1 Å². The van der Waals surface area contributed by atoms with Crippen molar-refractivity contribution in [3.8, 4) is 5.75 Å². The van der Waals surface area contributed by atoms with Crippen LogP contribution >= 0.6 is 0 Å². The molecule has 0 bridgehead atoms. The van der Waals surface area contributed by atoms with Crippen molar-refractivity contribution in [2.24, 2.45) is 0 Å². The number of carbonyl (C=O) groups is 2. The van der Waals surface area contributed by atoms with Crippen LogP contribution < -0.4 is 15.4 Å². The normalized spacial score (nSPS) is 17.8. The second-order valence-corrected chi connectivity index (χ2v) is 9.36. The predicted molar refractivity (Wildman–Crippen MR) is 132 cm³/mol. The Balaban J connectivity index is 1.66. The molecule has 14 heteroatoms. The van der Waals surface area contributed by atoms with E-state index in [-0.39, 0.29) is 46.9 Å². The minimum atomic E-state index is -4.98. The molecule has 0 saturated carbocycles. The van der Waals surface area contributed by atoms with Crippen molar-refractivity contribution in [1.29, 1.82) is 0 Å². The Hall–Kier alpha value is -4.36. The van der Waals surface area contributed by atoms with Crippen LogP contribution in [0.25, 0.3) is 5.57 Å². The van der Waals surface area contributed by atoms with Gasteiger partial charge < -0.3 is 19.9 Å². The number of alkyl halides is 6. The van der Waals surface area contributed by atoms with Gasteiger partial charge in [-0.15, -0.1) is 0 Å². The highest BCUT2D eigenvalue weighted by molar-refractivity contribution is 6.04. The van der Waals surface area contributed by atoms with E-state index in [1.165, 1.54) is 36.7 Å². The van der Waals surface area contributed by atoms with E-state index in [1.54, 1.807) is 13.0 Å². The maximum atomic E-state index is 14.8. The Morgan fingerprint density at radius 3 is 2.41 bits per heavy atom. The van der Waals surface area contributed by atoms with Crippen molar-refractivity contribution in [1.82, 2.24) is 20.8 Å². The number of halogens is 6. The molecule has 1 aliphatic rings. The van der Waals surface area contributed by atoms with Gasteiger partial charge in [0, 0.05) is 37.2 Å². The molecular formula is C27H24F6N4O4. The first kappa shape index (κ1) is 29.6. The smallest absolute Gasteiger partial charge is 0.416 e. The van der Waals surface area contributed by atoms with Gasteiger partial charge in [-0.1, -0.05) is 23.4 Å². The van der Waals surface area contributed by atoms with Crippen LogP contribution in [0.5, 0.6) is 5.75 Å². The zero-order chi connectivity index (χ0) is 29.8. The van der Waals surface area contributed by atoms with Crippen LogP contribution in [0.15, 0.2) is 65.0 Å². The first-order valence-corrected chi connectivity index (χ1v) is 12.3. The van der Waals surface area contributed by atoms with Crippen molar-refractivity contribution < 1.29 is 45.2 Å². The lowest BCUT2D eigenvalue weighted by atomic mass is 9.77. The third-order valence-electron chi connectivity index (χ3n) is 6.42. The van der Waals surface area contributed by atoms with Crippen molar-refractivity contribution in [2.75, 3.05) is 13.2 Å². The molecule has 0 radical (unpaired) electrons. The molecule has 218 valence electrons. The van der Waals surface area contributed by atoms with Gasteiger partial charge in [0.25, 0.3) is 5.91 Å².